The molecule has 1 aliphatic carbocycles. The molecule has 1 aromatic rings. The second-order valence-electron chi connectivity index (χ2n) is 7.64. The SMILES string of the molecule is CCCOc1ccccc1C(=O)N1C[C@H]2C[C@@H](N(C)C)[C@H](O)C[C@H]2C1. The number of benzene rings is 1. The Labute approximate surface area is 150 Å². The lowest BCUT2D eigenvalue weighted by molar-refractivity contribution is 0.00940. The zero-order valence-electron chi connectivity index (χ0n) is 15.5. The molecule has 1 saturated heterocycles. The van der Waals surface area contributed by atoms with Gasteiger partial charge >= 0.3 is 0 Å². The molecule has 25 heavy (non-hydrogen) atoms. The van der Waals surface area contributed by atoms with Crippen molar-refractivity contribution in [1.29, 1.82) is 0 Å². The molecule has 0 radical (unpaired) electrons. The third kappa shape index (κ3) is 3.82. The van der Waals surface area contributed by atoms with Crippen LogP contribution in [-0.2, 0) is 0 Å². The molecule has 5 heteroatoms. The number of likely N-dealkylation sites (N-methyl/N-ethyl adjacent to an activating group) is 1. The summed E-state index contributed by atoms with van der Waals surface area (Å²) in [7, 11) is 4.04. The summed E-state index contributed by atoms with van der Waals surface area (Å²) < 4.78 is 5.76. The Kier molecular flexibility index (Phi) is 5.64. The van der Waals surface area contributed by atoms with Crippen LogP contribution in [0.25, 0.3) is 0 Å². The lowest BCUT2D eigenvalue weighted by atomic mass is 9.77. The summed E-state index contributed by atoms with van der Waals surface area (Å²) in [6, 6.07) is 7.71. The third-order valence-corrected chi connectivity index (χ3v) is 5.64. The molecule has 5 nitrogen and oxygen atoms in total. The Morgan fingerprint density at radius 3 is 2.60 bits per heavy atom. The highest BCUT2D eigenvalue weighted by Gasteiger charge is 2.43. The summed E-state index contributed by atoms with van der Waals surface area (Å²) in [6.45, 7) is 4.19. The molecule has 1 amide bonds. The van der Waals surface area contributed by atoms with Gasteiger partial charge in [0, 0.05) is 19.1 Å². The van der Waals surface area contributed by atoms with Gasteiger partial charge in [0.2, 0.25) is 0 Å². The van der Waals surface area contributed by atoms with Gasteiger partial charge < -0.3 is 19.6 Å². The number of fused-ring (bicyclic) bond motifs is 1. The van der Waals surface area contributed by atoms with Crippen molar-refractivity contribution in [2.24, 2.45) is 11.8 Å². The van der Waals surface area contributed by atoms with Gasteiger partial charge in [0.05, 0.1) is 18.3 Å². The van der Waals surface area contributed by atoms with E-state index in [9.17, 15) is 9.90 Å². The van der Waals surface area contributed by atoms with Gasteiger partial charge in [-0.2, -0.15) is 0 Å². The molecule has 1 aromatic carbocycles. The zero-order valence-corrected chi connectivity index (χ0v) is 15.5. The smallest absolute Gasteiger partial charge is 0.257 e. The van der Waals surface area contributed by atoms with Crippen molar-refractivity contribution < 1.29 is 14.6 Å². The van der Waals surface area contributed by atoms with Crippen molar-refractivity contribution in [1.82, 2.24) is 9.80 Å². The van der Waals surface area contributed by atoms with Crippen LogP contribution in [0, 0.1) is 11.8 Å². The fourth-order valence-corrected chi connectivity index (χ4v) is 4.28. The lowest BCUT2D eigenvalue weighted by Gasteiger charge is -2.38. The molecule has 0 bridgehead atoms. The first-order valence-electron chi connectivity index (χ1n) is 9.36. The molecule has 0 unspecified atom stereocenters. The largest absolute Gasteiger partial charge is 0.493 e. The Balaban J connectivity index is 1.71. The first-order valence-corrected chi connectivity index (χ1v) is 9.36. The fraction of sp³-hybridized carbons (Fsp3) is 0.650. The van der Waals surface area contributed by atoms with E-state index in [1.165, 1.54) is 0 Å². The normalized spacial score (nSPS) is 28.9. The van der Waals surface area contributed by atoms with Gasteiger partial charge in [-0.25, -0.2) is 0 Å². The van der Waals surface area contributed by atoms with Crippen LogP contribution in [0.4, 0.5) is 0 Å². The molecule has 1 saturated carbocycles. The van der Waals surface area contributed by atoms with Gasteiger partial charge in [-0.3, -0.25) is 4.79 Å². The molecule has 138 valence electrons. The maximum Gasteiger partial charge on any atom is 0.257 e. The van der Waals surface area contributed by atoms with Crippen molar-refractivity contribution in [3.63, 3.8) is 0 Å². The summed E-state index contributed by atoms with van der Waals surface area (Å²) in [5.74, 6) is 1.61. The quantitative estimate of drug-likeness (QED) is 0.888. The number of rotatable bonds is 5. The van der Waals surface area contributed by atoms with E-state index in [0.717, 1.165) is 32.4 Å². The number of amides is 1. The van der Waals surface area contributed by atoms with Gasteiger partial charge in [-0.15, -0.1) is 0 Å². The van der Waals surface area contributed by atoms with E-state index >= 15 is 0 Å². The van der Waals surface area contributed by atoms with E-state index in [-0.39, 0.29) is 18.1 Å². The molecular weight excluding hydrogens is 316 g/mol. The van der Waals surface area contributed by atoms with E-state index in [2.05, 4.69) is 11.8 Å². The van der Waals surface area contributed by atoms with Gasteiger partial charge in [0.1, 0.15) is 5.75 Å². The number of para-hydroxylation sites is 1. The van der Waals surface area contributed by atoms with Crippen LogP contribution >= 0.6 is 0 Å². The first-order chi connectivity index (χ1) is 12.0. The van der Waals surface area contributed by atoms with E-state index in [1.807, 2.05) is 43.3 Å². The van der Waals surface area contributed by atoms with Gasteiger partial charge in [-0.05, 0) is 57.3 Å². The van der Waals surface area contributed by atoms with Crippen LogP contribution in [0.5, 0.6) is 5.75 Å². The zero-order chi connectivity index (χ0) is 18.0. The Hall–Kier alpha value is -1.59. The second-order valence-corrected chi connectivity index (χ2v) is 7.64. The molecular formula is C20H30N2O3. The summed E-state index contributed by atoms with van der Waals surface area (Å²) in [6.07, 6.45) is 2.36. The number of hydrogen-bond acceptors (Lipinski definition) is 4. The molecule has 0 spiro atoms. The van der Waals surface area contributed by atoms with E-state index in [4.69, 9.17) is 4.74 Å². The van der Waals surface area contributed by atoms with Crippen LogP contribution in [0.15, 0.2) is 24.3 Å². The number of aliphatic hydroxyl groups excluding tert-OH is 1. The van der Waals surface area contributed by atoms with Crippen LogP contribution in [0.1, 0.15) is 36.5 Å². The molecule has 1 heterocycles. The number of nitrogens with zero attached hydrogens (tertiary/aromatic N) is 2. The molecule has 1 N–H and O–H groups in total. The molecule has 1 aliphatic heterocycles. The summed E-state index contributed by atoms with van der Waals surface area (Å²) in [5.41, 5.74) is 0.652. The standard InChI is InChI=1S/C20H30N2O3/c1-4-9-25-19-8-6-5-7-16(19)20(24)22-12-14-10-17(21(2)3)18(23)11-15(14)13-22/h5-8,14-15,17-18,23H,4,9-13H2,1-3H3/t14-,15+,17-,18-/m1/s1. The van der Waals surface area contributed by atoms with Crippen LogP contribution in [0.3, 0.4) is 0 Å². The van der Waals surface area contributed by atoms with Crippen LogP contribution < -0.4 is 4.74 Å². The fourth-order valence-electron chi connectivity index (χ4n) is 4.28. The Morgan fingerprint density at radius 1 is 1.24 bits per heavy atom. The number of hydrogen-bond donors (Lipinski definition) is 1. The molecule has 2 aliphatic rings. The Bertz CT molecular complexity index is 604. The average molecular weight is 346 g/mol. The van der Waals surface area contributed by atoms with Gasteiger partial charge in [0.15, 0.2) is 0 Å². The minimum absolute atomic E-state index is 0.0528. The van der Waals surface area contributed by atoms with Crippen LogP contribution in [0.2, 0.25) is 0 Å². The highest BCUT2D eigenvalue weighted by atomic mass is 16.5. The van der Waals surface area contributed by atoms with E-state index < -0.39 is 0 Å². The van der Waals surface area contributed by atoms with Crippen molar-refractivity contribution in [3.8, 4) is 5.75 Å². The average Bonchev–Trinajstić information content (AvgIpc) is 3.01. The van der Waals surface area contributed by atoms with Crippen molar-refractivity contribution in [2.75, 3.05) is 33.8 Å². The molecule has 3 rings (SSSR count). The maximum atomic E-state index is 13.0. The lowest BCUT2D eigenvalue weighted by Crippen LogP contribution is -2.46. The monoisotopic (exact) mass is 346 g/mol. The minimum Gasteiger partial charge on any atom is -0.493 e. The summed E-state index contributed by atoms with van der Waals surface area (Å²) >= 11 is 0. The topological polar surface area (TPSA) is 53.0 Å². The van der Waals surface area contributed by atoms with E-state index in [0.29, 0.717) is 29.8 Å². The van der Waals surface area contributed by atoms with Crippen molar-refractivity contribution in [3.05, 3.63) is 29.8 Å². The number of likely N-dealkylation sites (tertiary alicyclic amines) is 1. The number of carbonyl (C=O) groups is 1. The highest BCUT2D eigenvalue weighted by Crippen LogP contribution is 2.38. The summed E-state index contributed by atoms with van der Waals surface area (Å²) in [5, 5.41) is 10.4. The molecule has 0 aromatic heterocycles. The van der Waals surface area contributed by atoms with Crippen molar-refractivity contribution >= 4 is 5.91 Å². The van der Waals surface area contributed by atoms with Crippen molar-refractivity contribution in [2.45, 2.75) is 38.3 Å². The number of aliphatic hydroxyl groups is 1. The predicted octanol–water partition coefficient (Wildman–Crippen LogP) is 2.25. The third-order valence-electron chi connectivity index (χ3n) is 5.64. The van der Waals surface area contributed by atoms with Gasteiger partial charge in [-0.1, -0.05) is 19.1 Å². The second kappa shape index (κ2) is 7.75. The molecule has 2 fully saturated rings. The first kappa shape index (κ1) is 18.2. The number of carbonyl (C=O) groups excluding carboxylic acids is 1. The Morgan fingerprint density at radius 2 is 1.92 bits per heavy atom. The maximum absolute atomic E-state index is 13.0. The number of ether oxygens (including phenoxy) is 1. The van der Waals surface area contributed by atoms with Gasteiger partial charge in [0.25, 0.3) is 5.91 Å². The van der Waals surface area contributed by atoms with Crippen LogP contribution in [-0.4, -0.2) is 66.8 Å². The summed E-state index contributed by atoms with van der Waals surface area (Å²) in [4.78, 5) is 17.1. The predicted molar refractivity (Wildman–Crippen MR) is 97.8 cm³/mol. The van der Waals surface area contributed by atoms with E-state index in [1.54, 1.807) is 0 Å². The highest BCUT2D eigenvalue weighted by molar-refractivity contribution is 5.97. The minimum atomic E-state index is -0.300. The molecule has 4 atom stereocenters.